The molecule has 3 rings (SSSR count). The largest absolute Gasteiger partial charge is 0.386 e. The fourth-order valence-electron chi connectivity index (χ4n) is 2.64. The van der Waals surface area contributed by atoms with Gasteiger partial charge in [-0.25, -0.2) is 5.53 Å². The topological polar surface area (TPSA) is 106 Å². The summed E-state index contributed by atoms with van der Waals surface area (Å²) in [7, 11) is 1.73. The molecule has 7 nitrogen and oxygen atoms in total. The van der Waals surface area contributed by atoms with Gasteiger partial charge in [-0.15, -0.1) is 0 Å². The van der Waals surface area contributed by atoms with E-state index < -0.39 is 0 Å². The quantitative estimate of drug-likeness (QED) is 0.542. The van der Waals surface area contributed by atoms with E-state index in [1.54, 1.807) is 19.2 Å². The molecule has 0 unspecified atom stereocenters. The Morgan fingerprint density at radius 3 is 2.75 bits per heavy atom. The van der Waals surface area contributed by atoms with E-state index in [-0.39, 0.29) is 5.91 Å². The number of hydrogen-bond acceptors (Lipinski definition) is 5. The number of carbonyl (C=O) groups is 1. The molecule has 2 aromatic carbocycles. The number of fused-ring (bicyclic) bond motifs is 1. The van der Waals surface area contributed by atoms with Crippen LogP contribution in [0.5, 0.6) is 0 Å². The molecule has 0 saturated carbocycles. The molecule has 0 aliphatic carbocycles. The van der Waals surface area contributed by atoms with Crippen molar-refractivity contribution in [1.82, 2.24) is 10.2 Å². The van der Waals surface area contributed by atoms with Gasteiger partial charge in [0.1, 0.15) is 5.69 Å². The van der Waals surface area contributed by atoms with E-state index in [0.29, 0.717) is 22.6 Å². The maximum Gasteiger partial charge on any atom is 0.256 e. The van der Waals surface area contributed by atoms with Crippen molar-refractivity contribution >= 4 is 33.9 Å². The third-order valence-corrected chi connectivity index (χ3v) is 3.98. The minimum absolute atomic E-state index is 0.207. The molecule has 24 heavy (non-hydrogen) atoms. The number of aryl methyl sites for hydroxylation is 2. The van der Waals surface area contributed by atoms with E-state index in [2.05, 4.69) is 25.9 Å². The Morgan fingerprint density at radius 2 is 2.04 bits per heavy atom. The van der Waals surface area contributed by atoms with Crippen LogP contribution in [0.4, 0.5) is 17.1 Å². The summed E-state index contributed by atoms with van der Waals surface area (Å²) in [6, 6.07) is 9.01. The molecular formula is C17H18N6O. The van der Waals surface area contributed by atoms with Crippen LogP contribution in [0.3, 0.4) is 0 Å². The number of rotatable bonds is 4. The maximum absolute atomic E-state index is 12.6. The average molecular weight is 322 g/mol. The van der Waals surface area contributed by atoms with Crippen LogP contribution >= 0.6 is 0 Å². The van der Waals surface area contributed by atoms with Gasteiger partial charge in [0.15, 0.2) is 0 Å². The smallest absolute Gasteiger partial charge is 0.256 e. The Morgan fingerprint density at radius 1 is 1.25 bits per heavy atom. The first-order valence-corrected chi connectivity index (χ1v) is 7.49. The number of aromatic amines is 1. The second-order valence-corrected chi connectivity index (χ2v) is 5.58. The van der Waals surface area contributed by atoms with Gasteiger partial charge in [0.25, 0.3) is 5.91 Å². The number of hydrogen-bond donors (Lipinski definition) is 4. The normalized spacial score (nSPS) is 10.6. The fraction of sp³-hybridized carbons (Fsp3) is 0.176. The molecule has 3 aromatic rings. The van der Waals surface area contributed by atoms with Crippen LogP contribution in [0, 0.1) is 19.4 Å². The van der Waals surface area contributed by atoms with E-state index in [4.69, 9.17) is 5.53 Å². The van der Waals surface area contributed by atoms with Crippen LogP contribution in [0.2, 0.25) is 0 Å². The Balaban J connectivity index is 1.93. The lowest BCUT2D eigenvalue weighted by Crippen LogP contribution is -2.13. The molecule has 0 saturated heterocycles. The van der Waals surface area contributed by atoms with Gasteiger partial charge in [0.2, 0.25) is 0 Å². The van der Waals surface area contributed by atoms with E-state index in [9.17, 15) is 4.79 Å². The second kappa shape index (κ2) is 6.11. The summed E-state index contributed by atoms with van der Waals surface area (Å²) >= 11 is 0. The Hall–Kier alpha value is -3.22. The summed E-state index contributed by atoms with van der Waals surface area (Å²) in [5, 5.41) is 17.4. The van der Waals surface area contributed by atoms with Gasteiger partial charge in [-0.2, -0.15) is 10.2 Å². The molecule has 122 valence electrons. The number of amides is 1. The summed E-state index contributed by atoms with van der Waals surface area (Å²) < 4.78 is 0. The first-order valence-electron chi connectivity index (χ1n) is 7.49. The van der Waals surface area contributed by atoms with Gasteiger partial charge in [-0.3, -0.25) is 9.89 Å². The van der Waals surface area contributed by atoms with Crippen molar-refractivity contribution in [2.45, 2.75) is 13.8 Å². The third kappa shape index (κ3) is 2.71. The average Bonchev–Trinajstić information content (AvgIpc) is 2.95. The van der Waals surface area contributed by atoms with E-state index >= 15 is 0 Å². The van der Waals surface area contributed by atoms with Crippen molar-refractivity contribution in [3.8, 4) is 0 Å². The fourth-order valence-corrected chi connectivity index (χ4v) is 2.64. The minimum Gasteiger partial charge on any atom is -0.386 e. The molecule has 1 amide bonds. The third-order valence-electron chi connectivity index (χ3n) is 3.98. The first-order chi connectivity index (χ1) is 11.5. The Kier molecular flexibility index (Phi) is 3.99. The van der Waals surface area contributed by atoms with Gasteiger partial charge < -0.3 is 10.6 Å². The van der Waals surface area contributed by atoms with Crippen molar-refractivity contribution in [1.29, 1.82) is 5.53 Å². The molecule has 0 aliphatic heterocycles. The lowest BCUT2D eigenvalue weighted by molar-refractivity contribution is 0.102. The molecule has 0 aliphatic rings. The van der Waals surface area contributed by atoms with E-state index in [1.165, 1.54) is 0 Å². The van der Waals surface area contributed by atoms with Crippen LogP contribution in [-0.4, -0.2) is 23.2 Å². The highest BCUT2D eigenvalue weighted by molar-refractivity contribution is 6.07. The number of nitrogens with zero attached hydrogens (tertiary/aromatic N) is 2. The highest BCUT2D eigenvalue weighted by Crippen LogP contribution is 2.29. The maximum atomic E-state index is 12.6. The SMILES string of the molecule is CNc1cc(C(=O)Nc2ccc3n[nH]c(C)c3c2)c(C)cc1N=N. The van der Waals surface area contributed by atoms with Crippen molar-refractivity contribution in [2.24, 2.45) is 5.11 Å². The molecule has 0 radical (unpaired) electrons. The number of benzene rings is 2. The zero-order chi connectivity index (χ0) is 17.3. The predicted octanol–water partition coefficient (Wildman–Crippen LogP) is 4.14. The van der Waals surface area contributed by atoms with Gasteiger partial charge in [0.05, 0.1) is 11.2 Å². The van der Waals surface area contributed by atoms with Crippen molar-refractivity contribution in [2.75, 3.05) is 17.7 Å². The van der Waals surface area contributed by atoms with E-state index in [1.807, 2.05) is 32.0 Å². The van der Waals surface area contributed by atoms with Crippen LogP contribution in [0.1, 0.15) is 21.6 Å². The van der Waals surface area contributed by atoms with Gasteiger partial charge in [-0.1, -0.05) is 0 Å². The lowest BCUT2D eigenvalue weighted by atomic mass is 10.1. The van der Waals surface area contributed by atoms with Gasteiger partial charge in [-0.05, 0) is 49.7 Å². The molecule has 1 heterocycles. The summed E-state index contributed by atoms with van der Waals surface area (Å²) in [5.41, 5.74) is 12.2. The molecule has 0 spiro atoms. The molecule has 4 N–H and O–H groups in total. The predicted molar refractivity (Wildman–Crippen MR) is 94.3 cm³/mol. The molecular weight excluding hydrogens is 304 g/mol. The number of nitrogens with one attached hydrogen (secondary N) is 4. The highest BCUT2D eigenvalue weighted by atomic mass is 16.1. The Bertz CT molecular complexity index is 944. The Labute approximate surface area is 139 Å². The molecule has 0 atom stereocenters. The summed E-state index contributed by atoms with van der Waals surface area (Å²) in [6.07, 6.45) is 0. The second-order valence-electron chi connectivity index (χ2n) is 5.58. The summed E-state index contributed by atoms with van der Waals surface area (Å²) in [5.74, 6) is -0.207. The molecule has 0 fully saturated rings. The number of anilines is 2. The monoisotopic (exact) mass is 322 g/mol. The first kappa shape index (κ1) is 15.7. The number of carbonyl (C=O) groups excluding carboxylic acids is 1. The molecule has 1 aromatic heterocycles. The number of aromatic nitrogens is 2. The van der Waals surface area contributed by atoms with Crippen molar-refractivity contribution in [3.05, 3.63) is 47.2 Å². The zero-order valence-corrected chi connectivity index (χ0v) is 13.7. The lowest BCUT2D eigenvalue weighted by Gasteiger charge is -2.11. The highest BCUT2D eigenvalue weighted by Gasteiger charge is 2.14. The molecule has 0 bridgehead atoms. The van der Waals surface area contributed by atoms with Crippen LogP contribution < -0.4 is 10.6 Å². The van der Waals surface area contributed by atoms with Crippen LogP contribution in [0.15, 0.2) is 35.4 Å². The van der Waals surface area contributed by atoms with Crippen LogP contribution in [-0.2, 0) is 0 Å². The van der Waals surface area contributed by atoms with Crippen LogP contribution in [0.25, 0.3) is 10.9 Å². The van der Waals surface area contributed by atoms with Crippen molar-refractivity contribution in [3.63, 3.8) is 0 Å². The molecule has 7 heteroatoms. The summed E-state index contributed by atoms with van der Waals surface area (Å²) in [6.45, 7) is 3.76. The minimum atomic E-state index is -0.207. The van der Waals surface area contributed by atoms with Gasteiger partial charge >= 0.3 is 0 Å². The van der Waals surface area contributed by atoms with E-state index in [0.717, 1.165) is 22.2 Å². The zero-order valence-electron chi connectivity index (χ0n) is 13.7. The summed E-state index contributed by atoms with van der Waals surface area (Å²) in [4.78, 5) is 12.6. The van der Waals surface area contributed by atoms with Crippen molar-refractivity contribution < 1.29 is 4.79 Å². The van der Waals surface area contributed by atoms with Gasteiger partial charge in [0, 0.05) is 29.4 Å². The number of H-pyrrole nitrogens is 1. The standard InChI is InChI=1S/C17H18N6O/c1-9-6-16(21-18)15(19-3)8-12(9)17(24)20-11-4-5-14-13(7-11)10(2)22-23-14/h4-8,18-19H,1-3H3,(H,20,24)(H,22,23).